The van der Waals surface area contributed by atoms with Crippen molar-refractivity contribution in [2.45, 2.75) is 56.3 Å². The van der Waals surface area contributed by atoms with E-state index in [1.165, 1.54) is 4.90 Å². The maximum absolute atomic E-state index is 6.18. The molecule has 1 heterocycles. The third-order valence-electron chi connectivity index (χ3n) is 4.02. The number of thioether (sulfide) groups is 1. The van der Waals surface area contributed by atoms with Gasteiger partial charge in [0.15, 0.2) is 0 Å². The molecule has 1 aliphatic rings. The molecule has 3 nitrogen and oxygen atoms in total. The van der Waals surface area contributed by atoms with Crippen LogP contribution in [0.3, 0.4) is 0 Å². The standard InChI is InChI=1S/C16H26N2OS/c1-15(2)10-13(16(3,4)19-15)14(18-17)11-20-12-8-6-5-7-9-12/h5-9,13-14,18H,10-11,17H2,1-4H3. The molecule has 1 aliphatic heterocycles. The van der Waals surface area contributed by atoms with Crippen LogP contribution in [-0.4, -0.2) is 23.0 Å². The maximum Gasteiger partial charge on any atom is 0.0678 e. The lowest BCUT2D eigenvalue weighted by atomic mass is 9.82. The Bertz CT molecular complexity index is 433. The van der Waals surface area contributed by atoms with Crippen molar-refractivity contribution in [3.8, 4) is 0 Å². The predicted molar refractivity (Wildman–Crippen MR) is 85.6 cm³/mol. The number of nitrogens with two attached hydrogens (primary N) is 1. The van der Waals surface area contributed by atoms with Crippen LogP contribution in [0, 0.1) is 5.92 Å². The molecule has 0 radical (unpaired) electrons. The van der Waals surface area contributed by atoms with Gasteiger partial charge in [-0.1, -0.05) is 18.2 Å². The van der Waals surface area contributed by atoms with Gasteiger partial charge in [-0.2, -0.15) is 0 Å². The van der Waals surface area contributed by atoms with Gasteiger partial charge >= 0.3 is 0 Å². The third-order valence-corrected chi connectivity index (χ3v) is 5.15. The second-order valence-electron chi connectivity index (χ2n) is 6.67. The summed E-state index contributed by atoms with van der Waals surface area (Å²) < 4.78 is 6.18. The molecule has 1 aromatic rings. The van der Waals surface area contributed by atoms with Gasteiger partial charge in [0.05, 0.1) is 11.2 Å². The van der Waals surface area contributed by atoms with Crippen molar-refractivity contribution in [2.24, 2.45) is 11.8 Å². The molecule has 0 aliphatic carbocycles. The Hall–Kier alpha value is -0.550. The minimum absolute atomic E-state index is 0.0688. The van der Waals surface area contributed by atoms with Gasteiger partial charge in [0, 0.05) is 22.6 Å². The van der Waals surface area contributed by atoms with E-state index in [9.17, 15) is 0 Å². The van der Waals surface area contributed by atoms with E-state index >= 15 is 0 Å². The fourth-order valence-electron chi connectivity index (χ4n) is 3.21. The predicted octanol–water partition coefficient (Wildman–Crippen LogP) is 3.20. The molecular weight excluding hydrogens is 268 g/mol. The lowest BCUT2D eigenvalue weighted by Crippen LogP contribution is -2.48. The van der Waals surface area contributed by atoms with Crippen LogP contribution in [0.15, 0.2) is 35.2 Å². The summed E-state index contributed by atoms with van der Waals surface area (Å²) in [4.78, 5) is 1.28. The second-order valence-corrected chi connectivity index (χ2v) is 7.77. The van der Waals surface area contributed by atoms with Gasteiger partial charge in [0.2, 0.25) is 0 Å². The average Bonchev–Trinajstić information content (AvgIpc) is 2.60. The van der Waals surface area contributed by atoms with Crippen LogP contribution >= 0.6 is 11.8 Å². The molecule has 112 valence electrons. The van der Waals surface area contributed by atoms with Gasteiger partial charge in [-0.05, 0) is 46.2 Å². The molecule has 1 aromatic carbocycles. The van der Waals surface area contributed by atoms with Crippen molar-refractivity contribution in [1.82, 2.24) is 5.43 Å². The van der Waals surface area contributed by atoms with E-state index in [0.29, 0.717) is 5.92 Å². The smallest absolute Gasteiger partial charge is 0.0678 e. The summed E-state index contributed by atoms with van der Waals surface area (Å²) in [5.41, 5.74) is 2.80. The van der Waals surface area contributed by atoms with E-state index in [0.717, 1.165) is 12.2 Å². The first-order valence-electron chi connectivity index (χ1n) is 7.18. The Morgan fingerprint density at radius 1 is 1.30 bits per heavy atom. The zero-order chi connectivity index (χ0) is 14.8. The largest absolute Gasteiger partial charge is 0.369 e. The molecule has 4 heteroatoms. The summed E-state index contributed by atoms with van der Waals surface area (Å²) in [5.74, 6) is 7.18. The van der Waals surface area contributed by atoms with E-state index in [-0.39, 0.29) is 17.2 Å². The molecule has 20 heavy (non-hydrogen) atoms. The Balaban J connectivity index is 2.01. The molecule has 2 unspecified atom stereocenters. The van der Waals surface area contributed by atoms with Gasteiger partial charge in [0.1, 0.15) is 0 Å². The van der Waals surface area contributed by atoms with Gasteiger partial charge in [-0.3, -0.25) is 11.3 Å². The fraction of sp³-hybridized carbons (Fsp3) is 0.625. The SMILES string of the molecule is CC1(C)CC(C(CSc2ccccc2)NN)C(C)(C)O1. The Kier molecular flexibility index (Phi) is 4.80. The van der Waals surface area contributed by atoms with Gasteiger partial charge in [-0.25, -0.2) is 0 Å². The number of rotatable bonds is 5. The number of benzene rings is 1. The highest BCUT2D eigenvalue weighted by Crippen LogP contribution is 2.44. The maximum atomic E-state index is 6.18. The van der Waals surface area contributed by atoms with Crippen LogP contribution in [0.25, 0.3) is 0 Å². The van der Waals surface area contributed by atoms with Crippen molar-refractivity contribution in [2.75, 3.05) is 5.75 Å². The number of hydrogen-bond acceptors (Lipinski definition) is 4. The quantitative estimate of drug-likeness (QED) is 0.497. The van der Waals surface area contributed by atoms with E-state index in [4.69, 9.17) is 10.6 Å². The van der Waals surface area contributed by atoms with E-state index in [1.807, 2.05) is 17.8 Å². The highest BCUT2D eigenvalue weighted by Gasteiger charge is 2.48. The minimum atomic E-state index is -0.141. The molecule has 2 rings (SSSR count). The van der Waals surface area contributed by atoms with Gasteiger partial charge in [0.25, 0.3) is 0 Å². The van der Waals surface area contributed by atoms with Crippen LogP contribution in [-0.2, 0) is 4.74 Å². The van der Waals surface area contributed by atoms with Crippen LogP contribution in [0.2, 0.25) is 0 Å². The van der Waals surface area contributed by atoms with E-state index < -0.39 is 0 Å². The monoisotopic (exact) mass is 294 g/mol. The fourth-order valence-corrected chi connectivity index (χ4v) is 4.26. The van der Waals surface area contributed by atoms with E-state index in [1.54, 1.807) is 0 Å². The molecule has 0 bridgehead atoms. The average molecular weight is 294 g/mol. The molecule has 0 saturated carbocycles. The number of nitrogens with one attached hydrogen (secondary N) is 1. The Labute approximate surface area is 126 Å². The number of hydrogen-bond donors (Lipinski definition) is 2. The highest BCUT2D eigenvalue weighted by atomic mass is 32.2. The summed E-state index contributed by atoms with van der Waals surface area (Å²) >= 11 is 1.84. The highest BCUT2D eigenvalue weighted by molar-refractivity contribution is 7.99. The molecule has 1 fully saturated rings. The first-order chi connectivity index (χ1) is 9.34. The van der Waals surface area contributed by atoms with E-state index in [2.05, 4.69) is 57.4 Å². The molecule has 3 N–H and O–H groups in total. The van der Waals surface area contributed by atoms with Crippen molar-refractivity contribution in [1.29, 1.82) is 0 Å². The van der Waals surface area contributed by atoms with Crippen LogP contribution in [0.1, 0.15) is 34.1 Å². The molecule has 1 saturated heterocycles. The van der Waals surface area contributed by atoms with Crippen LogP contribution < -0.4 is 11.3 Å². The van der Waals surface area contributed by atoms with Crippen molar-refractivity contribution in [3.63, 3.8) is 0 Å². The molecule has 0 spiro atoms. The Morgan fingerprint density at radius 2 is 1.95 bits per heavy atom. The van der Waals surface area contributed by atoms with Crippen molar-refractivity contribution in [3.05, 3.63) is 30.3 Å². The topological polar surface area (TPSA) is 47.3 Å². The molecule has 0 amide bonds. The van der Waals surface area contributed by atoms with Gasteiger partial charge in [-0.15, -0.1) is 11.8 Å². The molecular formula is C16H26N2OS. The number of ether oxygens (including phenoxy) is 1. The molecule has 2 atom stereocenters. The lowest BCUT2D eigenvalue weighted by molar-refractivity contribution is -0.0769. The normalized spacial score (nSPS) is 25.6. The minimum Gasteiger partial charge on any atom is -0.369 e. The summed E-state index contributed by atoms with van der Waals surface area (Å²) in [6.45, 7) is 8.66. The van der Waals surface area contributed by atoms with Crippen molar-refractivity contribution < 1.29 is 4.74 Å². The summed E-state index contributed by atoms with van der Waals surface area (Å²) in [5, 5.41) is 0. The van der Waals surface area contributed by atoms with Crippen molar-refractivity contribution >= 4 is 11.8 Å². The first kappa shape index (κ1) is 15.8. The summed E-state index contributed by atoms with van der Waals surface area (Å²) in [7, 11) is 0. The first-order valence-corrected chi connectivity index (χ1v) is 8.17. The van der Waals surface area contributed by atoms with Crippen LogP contribution in [0.4, 0.5) is 0 Å². The summed E-state index contributed by atoms with van der Waals surface area (Å²) in [6.07, 6.45) is 1.03. The zero-order valence-corrected chi connectivity index (χ0v) is 13.7. The zero-order valence-electron chi connectivity index (χ0n) is 12.8. The lowest BCUT2D eigenvalue weighted by Gasteiger charge is -2.32. The summed E-state index contributed by atoms with van der Waals surface area (Å²) in [6, 6.07) is 10.7. The third kappa shape index (κ3) is 3.76. The van der Waals surface area contributed by atoms with Crippen LogP contribution in [0.5, 0.6) is 0 Å². The van der Waals surface area contributed by atoms with Gasteiger partial charge < -0.3 is 4.74 Å². The number of hydrazine groups is 1. The molecule has 0 aromatic heterocycles. The Morgan fingerprint density at radius 3 is 2.45 bits per heavy atom. The second kappa shape index (κ2) is 6.06.